The molecule has 2 saturated heterocycles. The fourth-order valence-electron chi connectivity index (χ4n) is 3.61. The zero-order valence-corrected chi connectivity index (χ0v) is 15.5. The highest BCUT2D eigenvalue weighted by Gasteiger charge is 2.38. The second-order valence-corrected chi connectivity index (χ2v) is 6.74. The average molecular weight is 377 g/mol. The summed E-state index contributed by atoms with van der Waals surface area (Å²) in [7, 11) is 0. The summed E-state index contributed by atoms with van der Waals surface area (Å²) in [5.41, 5.74) is 0.485. The molecule has 0 aromatic carbocycles. The molecule has 24 heavy (non-hydrogen) atoms. The van der Waals surface area contributed by atoms with Gasteiger partial charge in [0.2, 0.25) is 5.91 Å². The van der Waals surface area contributed by atoms with Crippen molar-refractivity contribution in [3.8, 4) is 0 Å². The van der Waals surface area contributed by atoms with Crippen LogP contribution in [-0.4, -0.2) is 47.0 Å². The second-order valence-electron chi connectivity index (χ2n) is 6.74. The third-order valence-electron chi connectivity index (χ3n) is 5.01. The summed E-state index contributed by atoms with van der Waals surface area (Å²) >= 11 is 0. The molecule has 0 spiro atoms. The molecule has 2 N–H and O–H groups in total. The van der Waals surface area contributed by atoms with E-state index in [4.69, 9.17) is 0 Å². The molecular formula is C16H26Cl2N4O2. The highest BCUT2D eigenvalue weighted by Crippen LogP contribution is 2.32. The van der Waals surface area contributed by atoms with Gasteiger partial charge in [0.25, 0.3) is 5.56 Å². The number of nitrogens with zero attached hydrogens (tertiary/aromatic N) is 2. The summed E-state index contributed by atoms with van der Waals surface area (Å²) in [6.07, 6.45) is 5.26. The van der Waals surface area contributed by atoms with Gasteiger partial charge in [0.15, 0.2) is 0 Å². The molecule has 6 nitrogen and oxygen atoms in total. The van der Waals surface area contributed by atoms with Crippen molar-refractivity contribution in [3.63, 3.8) is 0 Å². The Kier molecular flexibility index (Phi) is 7.70. The van der Waals surface area contributed by atoms with Crippen molar-refractivity contribution in [1.82, 2.24) is 20.2 Å². The highest BCUT2D eigenvalue weighted by molar-refractivity contribution is 5.85. The Morgan fingerprint density at radius 2 is 2.04 bits per heavy atom. The zero-order chi connectivity index (χ0) is 15.6. The van der Waals surface area contributed by atoms with Crippen LogP contribution in [0.2, 0.25) is 0 Å². The Labute approximate surface area is 154 Å². The molecule has 2 aliphatic rings. The maximum absolute atomic E-state index is 12.8. The van der Waals surface area contributed by atoms with E-state index in [9.17, 15) is 9.59 Å². The number of likely N-dealkylation sites (tertiary alicyclic amines) is 1. The average Bonchev–Trinajstić information content (AvgIpc) is 2.55. The van der Waals surface area contributed by atoms with Crippen LogP contribution in [0.5, 0.6) is 0 Å². The fourth-order valence-corrected chi connectivity index (χ4v) is 3.61. The van der Waals surface area contributed by atoms with Gasteiger partial charge in [-0.3, -0.25) is 9.59 Å². The van der Waals surface area contributed by atoms with E-state index in [0.717, 1.165) is 57.6 Å². The van der Waals surface area contributed by atoms with Gasteiger partial charge in [-0.05, 0) is 39.2 Å². The molecule has 1 unspecified atom stereocenters. The predicted octanol–water partition coefficient (Wildman–Crippen LogP) is 1.71. The van der Waals surface area contributed by atoms with Crippen molar-refractivity contribution in [2.45, 2.75) is 38.5 Å². The SMILES string of the molecule is CC1(C(=O)N2CCC(c3cc(=O)[nH]cn3)CC2)CCCNC1.Cl.Cl. The number of piperidine rings is 2. The summed E-state index contributed by atoms with van der Waals surface area (Å²) in [4.78, 5) is 33.0. The normalized spacial score (nSPS) is 24.6. The molecule has 0 saturated carbocycles. The molecule has 1 aromatic heterocycles. The van der Waals surface area contributed by atoms with Crippen LogP contribution in [0.25, 0.3) is 0 Å². The van der Waals surface area contributed by atoms with Gasteiger partial charge in [0.1, 0.15) is 0 Å². The molecule has 1 atom stereocenters. The van der Waals surface area contributed by atoms with Crippen LogP contribution in [0.1, 0.15) is 44.2 Å². The van der Waals surface area contributed by atoms with E-state index in [1.54, 1.807) is 6.07 Å². The third kappa shape index (κ3) is 4.49. The van der Waals surface area contributed by atoms with Gasteiger partial charge in [-0.15, -0.1) is 24.8 Å². The van der Waals surface area contributed by atoms with E-state index in [0.29, 0.717) is 0 Å². The first kappa shape index (κ1) is 20.9. The number of aromatic nitrogens is 2. The lowest BCUT2D eigenvalue weighted by atomic mass is 9.80. The van der Waals surface area contributed by atoms with Gasteiger partial charge in [-0.25, -0.2) is 4.98 Å². The molecule has 3 heterocycles. The number of nitrogens with one attached hydrogen (secondary N) is 2. The number of amides is 1. The first-order valence-corrected chi connectivity index (χ1v) is 8.13. The Morgan fingerprint density at radius 1 is 1.33 bits per heavy atom. The molecule has 1 amide bonds. The summed E-state index contributed by atoms with van der Waals surface area (Å²) in [5, 5.41) is 3.34. The number of rotatable bonds is 2. The Bertz CT molecular complexity index is 594. The number of H-pyrrole nitrogens is 1. The summed E-state index contributed by atoms with van der Waals surface area (Å²) in [6.45, 7) is 5.38. The number of carbonyl (C=O) groups is 1. The van der Waals surface area contributed by atoms with Crippen molar-refractivity contribution in [2.24, 2.45) is 5.41 Å². The second kappa shape index (κ2) is 8.83. The minimum Gasteiger partial charge on any atom is -0.342 e. The molecule has 0 aliphatic carbocycles. The van der Waals surface area contributed by atoms with E-state index in [1.165, 1.54) is 6.33 Å². The van der Waals surface area contributed by atoms with Gasteiger partial charge >= 0.3 is 0 Å². The highest BCUT2D eigenvalue weighted by atomic mass is 35.5. The maximum Gasteiger partial charge on any atom is 0.250 e. The Hall–Kier alpha value is -1.11. The maximum atomic E-state index is 12.8. The van der Waals surface area contributed by atoms with Gasteiger partial charge in [-0.2, -0.15) is 0 Å². The predicted molar refractivity (Wildman–Crippen MR) is 98.1 cm³/mol. The standard InChI is InChI=1S/C16H24N4O2.2ClH/c1-16(5-2-6-17-10-16)15(22)20-7-3-12(4-8-20)13-9-14(21)19-11-18-13;;/h9,11-12,17H,2-8,10H2,1H3,(H,18,19,21);2*1H. The quantitative estimate of drug-likeness (QED) is 0.823. The third-order valence-corrected chi connectivity index (χ3v) is 5.01. The van der Waals surface area contributed by atoms with Crippen LogP contribution in [-0.2, 0) is 4.79 Å². The molecule has 2 aliphatic heterocycles. The number of aromatic amines is 1. The lowest BCUT2D eigenvalue weighted by Gasteiger charge is -2.40. The fraction of sp³-hybridized carbons (Fsp3) is 0.688. The first-order chi connectivity index (χ1) is 10.6. The van der Waals surface area contributed by atoms with Crippen molar-refractivity contribution in [3.05, 3.63) is 28.4 Å². The van der Waals surface area contributed by atoms with Crippen molar-refractivity contribution in [1.29, 1.82) is 0 Å². The van der Waals surface area contributed by atoms with Crippen molar-refractivity contribution < 1.29 is 4.79 Å². The summed E-state index contributed by atoms with van der Waals surface area (Å²) in [5.74, 6) is 0.556. The van der Waals surface area contributed by atoms with Crippen LogP contribution >= 0.6 is 24.8 Å². The molecule has 136 valence electrons. The molecule has 2 fully saturated rings. The van der Waals surface area contributed by atoms with E-state index >= 15 is 0 Å². The number of halogens is 2. The van der Waals surface area contributed by atoms with Crippen LogP contribution in [0, 0.1) is 5.41 Å². The minimum atomic E-state index is -0.257. The minimum absolute atomic E-state index is 0. The first-order valence-electron chi connectivity index (χ1n) is 8.13. The van der Waals surface area contributed by atoms with Gasteiger partial charge < -0.3 is 15.2 Å². The van der Waals surface area contributed by atoms with Crippen molar-refractivity contribution in [2.75, 3.05) is 26.2 Å². The molecule has 0 radical (unpaired) electrons. The summed E-state index contributed by atoms with van der Waals surface area (Å²) < 4.78 is 0. The van der Waals surface area contributed by atoms with Crippen molar-refractivity contribution >= 4 is 30.7 Å². The molecule has 0 bridgehead atoms. The van der Waals surface area contributed by atoms with Gasteiger partial charge in [0, 0.05) is 31.6 Å². The van der Waals surface area contributed by atoms with Crippen LogP contribution in [0.4, 0.5) is 0 Å². The molecule has 1 aromatic rings. The topological polar surface area (TPSA) is 78.1 Å². The largest absolute Gasteiger partial charge is 0.342 e. The lowest BCUT2D eigenvalue weighted by Crippen LogP contribution is -2.52. The zero-order valence-electron chi connectivity index (χ0n) is 13.9. The van der Waals surface area contributed by atoms with Gasteiger partial charge in [-0.1, -0.05) is 0 Å². The Balaban J connectivity index is 0.00000144. The Morgan fingerprint density at radius 3 is 2.62 bits per heavy atom. The molecule has 3 rings (SSSR count). The molecule has 8 heteroatoms. The number of carbonyl (C=O) groups excluding carboxylic acids is 1. The van der Waals surface area contributed by atoms with E-state index in [-0.39, 0.29) is 47.6 Å². The van der Waals surface area contributed by atoms with E-state index < -0.39 is 0 Å². The van der Waals surface area contributed by atoms with E-state index in [1.807, 2.05) is 4.90 Å². The molecular weight excluding hydrogens is 351 g/mol. The summed E-state index contributed by atoms with van der Waals surface area (Å²) in [6, 6.07) is 1.58. The van der Waals surface area contributed by atoms with Crippen LogP contribution in [0.3, 0.4) is 0 Å². The number of hydrogen-bond acceptors (Lipinski definition) is 4. The van der Waals surface area contributed by atoms with Gasteiger partial charge in [0.05, 0.1) is 17.4 Å². The van der Waals surface area contributed by atoms with Crippen LogP contribution < -0.4 is 10.9 Å². The monoisotopic (exact) mass is 376 g/mol. The number of hydrogen-bond donors (Lipinski definition) is 2. The van der Waals surface area contributed by atoms with Crippen LogP contribution in [0.15, 0.2) is 17.2 Å². The lowest BCUT2D eigenvalue weighted by molar-refractivity contribution is -0.143. The van der Waals surface area contributed by atoms with E-state index in [2.05, 4.69) is 22.2 Å². The smallest absolute Gasteiger partial charge is 0.250 e.